The molecule has 0 radical (unpaired) electrons. The molecule has 23 heavy (non-hydrogen) atoms. The molecule has 1 fully saturated rings. The average Bonchev–Trinajstić information content (AvgIpc) is 3.15. The van der Waals surface area contributed by atoms with Crippen LogP contribution in [0.5, 0.6) is 0 Å². The third-order valence-corrected chi connectivity index (χ3v) is 5.77. The molecule has 1 amide bonds. The number of hydrogen-bond donors (Lipinski definition) is 1. The second-order valence-corrected chi connectivity index (χ2v) is 7.60. The van der Waals surface area contributed by atoms with E-state index in [1.807, 2.05) is 0 Å². The first-order valence-corrected chi connectivity index (χ1v) is 9.33. The van der Waals surface area contributed by atoms with E-state index in [-0.39, 0.29) is 5.91 Å². The number of hydrogen-bond acceptors (Lipinski definition) is 5. The molecule has 1 saturated carbocycles. The summed E-state index contributed by atoms with van der Waals surface area (Å²) in [5, 5.41) is 10.9. The first-order valence-electron chi connectivity index (χ1n) is 8.51. The fourth-order valence-electron chi connectivity index (χ4n) is 3.03. The van der Waals surface area contributed by atoms with Crippen LogP contribution in [0.4, 0.5) is 0 Å². The van der Waals surface area contributed by atoms with Crippen LogP contribution in [0.3, 0.4) is 0 Å². The minimum atomic E-state index is -0.0343. The molecule has 0 bridgehead atoms. The van der Waals surface area contributed by atoms with Crippen molar-refractivity contribution in [3.8, 4) is 0 Å². The number of thiophene rings is 1. The lowest BCUT2D eigenvalue weighted by Crippen LogP contribution is -2.22. The van der Waals surface area contributed by atoms with Crippen LogP contribution in [0.15, 0.2) is 10.5 Å². The number of fused-ring (bicyclic) bond motifs is 1. The van der Waals surface area contributed by atoms with E-state index in [4.69, 9.17) is 4.42 Å². The zero-order valence-corrected chi connectivity index (χ0v) is 14.0. The predicted octanol–water partition coefficient (Wildman–Crippen LogP) is 3.60. The van der Waals surface area contributed by atoms with Gasteiger partial charge in [-0.05, 0) is 50.2 Å². The van der Waals surface area contributed by atoms with Crippen LogP contribution >= 0.6 is 11.3 Å². The maximum atomic E-state index is 12.4. The number of aromatic nitrogens is 2. The van der Waals surface area contributed by atoms with Gasteiger partial charge in [-0.1, -0.05) is 12.8 Å². The molecule has 5 nitrogen and oxygen atoms in total. The highest BCUT2D eigenvalue weighted by Gasteiger charge is 2.29. The highest BCUT2D eigenvalue weighted by atomic mass is 32.1. The highest BCUT2D eigenvalue weighted by molar-refractivity contribution is 7.14. The molecule has 4 rings (SSSR count). The third-order valence-electron chi connectivity index (χ3n) is 4.53. The Morgan fingerprint density at radius 3 is 2.87 bits per heavy atom. The normalized spacial score (nSPS) is 18.1. The van der Waals surface area contributed by atoms with Crippen LogP contribution in [0.25, 0.3) is 0 Å². The van der Waals surface area contributed by atoms with Crippen LogP contribution < -0.4 is 5.32 Å². The van der Waals surface area contributed by atoms with Crippen LogP contribution in [0, 0.1) is 0 Å². The van der Waals surface area contributed by atoms with E-state index in [1.165, 1.54) is 36.1 Å². The summed E-state index contributed by atoms with van der Waals surface area (Å²) in [6, 6.07) is 2.07. The Morgan fingerprint density at radius 2 is 2.04 bits per heavy atom. The van der Waals surface area contributed by atoms with Crippen molar-refractivity contribution in [2.24, 2.45) is 0 Å². The Morgan fingerprint density at radius 1 is 1.22 bits per heavy atom. The quantitative estimate of drug-likeness (QED) is 0.929. The van der Waals surface area contributed by atoms with Gasteiger partial charge >= 0.3 is 0 Å². The minimum absolute atomic E-state index is 0.0343. The Bertz CT molecular complexity index is 677. The number of nitrogens with one attached hydrogen (secondary N) is 1. The van der Waals surface area contributed by atoms with Gasteiger partial charge in [-0.25, -0.2) is 0 Å². The zero-order valence-electron chi connectivity index (χ0n) is 13.1. The molecule has 2 aromatic heterocycles. The summed E-state index contributed by atoms with van der Waals surface area (Å²) in [6.07, 6.45) is 9.56. The van der Waals surface area contributed by atoms with Gasteiger partial charge < -0.3 is 9.73 Å². The van der Waals surface area contributed by atoms with E-state index in [2.05, 4.69) is 21.6 Å². The van der Waals surface area contributed by atoms with E-state index in [1.54, 1.807) is 11.3 Å². The Balaban J connectivity index is 1.39. The average molecular weight is 331 g/mol. The smallest absolute Gasteiger partial charge is 0.261 e. The van der Waals surface area contributed by atoms with Gasteiger partial charge in [0.25, 0.3) is 5.91 Å². The van der Waals surface area contributed by atoms with Crippen molar-refractivity contribution in [3.63, 3.8) is 0 Å². The standard InChI is InChI=1S/C17H21N3O2S/c21-16(18-10-15-19-20-17(22-15)11-7-8-11)14-9-12-5-3-1-2-4-6-13(12)23-14/h9,11H,1-8,10H2,(H,18,21). The van der Waals surface area contributed by atoms with E-state index < -0.39 is 0 Å². The molecule has 1 N–H and O–H groups in total. The van der Waals surface area contributed by atoms with Crippen LogP contribution in [0.1, 0.15) is 76.3 Å². The number of amides is 1. The van der Waals surface area contributed by atoms with Gasteiger partial charge in [0.15, 0.2) is 0 Å². The first kappa shape index (κ1) is 14.9. The monoisotopic (exact) mass is 331 g/mol. The second-order valence-electron chi connectivity index (χ2n) is 6.46. The first-order chi connectivity index (χ1) is 11.3. The summed E-state index contributed by atoms with van der Waals surface area (Å²) in [4.78, 5) is 14.6. The van der Waals surface area contributed by atoms with Gasteiger partial charge in [0.05, 0.1) is 11.4 Å². The van der Waals surface area contributed by atoms with Gasteiger partial charge in [-0.15, -0.1) is 21.5 Å². The molecule has 0 atom stereocenters. The lowest BCUT2D eigenvalue weighted by atomic mass is 10.00. The van der Waals surface area contributed by atoms with Gasteiger partial charge in [0, 0.05) is 10.8 Å². The van der Waals surface area contributed by atoms with E-state index in [0.717, 1.165) is 30.6 Å². The number of carbonyl (C=O) groups is 1. The van der Waals surface area contributed by atoms with Crippen molar-refractivity contribution in [2.45, 2.75) is 63.8 Å². The summed E-state index contributed by atoms with van der Waals surface area (Å²) < 4.78 is 5.57. The minimum Gasteiger partial charge on any atom is -0.423 e. The molecule has 0 aliphatic heterocycles. The Labute approximate surface area is 139 Å². The Hall–Kier alpha value is -1.69. The van der Waals surface area contributed by atoms with Gasteiger partial charge in [-0.2, -0.15) is 0 Å². The summed E-state index contributed by atoms with van der Waals surface area (Å²) in [5.74, 6) is 1.63. The van der Waals surface area contributed by atoms with Gasteiger partial charge in [-0.3, -0.25) is 4.79 Å². The van der Waals surface area contributed by atoms with Crippen molar-refractivity contribution in [1.29, 1.82) is 0 Å². The summed E-state index contributed by atoms with van der Waals surface area (Å²) >= 11 is 1.64. The van der Waals surface area contributed by atoms with E-state index in [0.29, 0.717) is 24.2 Å². The topological polar surface area (TPSA) is 68.0 Å². The SMILES string of the molecule is O=C(NCc1nnc(C2CC2)o1)c1cc2c(s1)CCCCCC2. The molecule has 0 saturated heterocycles. The molecule has 0 aromatic carbocycles. The summed E-state index contributed by atoms with van der Waals surface area (Å²) in [5.41, 5.74) is 1.37. The molecule has 2 aliphatic rings. The summed E-state index contributed by atoms with van der Waals surface area (Å²) in [7, 11) is 0. The molecule has 2 aromatic rings. The number of rotatable bonds is 4. The molecule has 6 heteroatoms. The van der Waals surface area contributed by atoms with Crippen molar-refractivity contribution in [2.75, 3.05) is 0 Å². The maximum Gasteiger partial charge on any atom is 0.261 e. The molecular formula is C17H21N3O2S. The third kappa shape index (κ3) is 3.47. The lowest BCUT2D eigenvalue weighted by molar-refractivity contribution is 0.0951. The van der Waals surface area contributed by atoms with Crippen molar-refractivity contribution >= 4 is 17.2 Å². The number of carbonyl (C=O) groups excluding carboxylic acids is 1. The van der Waals surface area contributed by atoms with E-state index >= 15 is 0 Å². The van der Waals surface area contributed by atoms with E-state index in [9.17, 15) is 4.79 Å². The van der Waals surface area contributed by atoms with Gasteiger partial charge in [0.2, 0.25) is 11.8 Å². The van der Waals surface area contributed by atoms with Crippen molar-refractivity contribution in [1.82, 2.24) is 15.5 Å². The number of aryl methyl sites for hydroxylation is 2. The van der Waals surface area contributed by atoms with Crippen molar-refractivity contribution < 1.29 is 9.21 Å². The Kier molecular flexibility index (Phi) is 4.16. The van der Waals surface area contributed by atoms with Gasteiger partial charge in [0.1, 0.15) is 0 Å². The molecule has 2 aliphatic carbocycles. The number of nitrogens with zero attached hydrogens (tertiary/aromatic N) is 2. The molecule has 122 valence electrons. The van der Waals surface area contributed by atoms with Crippen LogP contribution in [0.2, 0.25) is 0 Å². The fraction of sp³-hybridized carbons (Fsp3) is 0.588. The molecule has 0 spiro atoms. The second kappa shape index (κ2) is 6.43. The largest absolute Gasteiger partial charge is 0.423 e. The van der Waals surface area contributed by atoms with Crippen molar-refractivity contribution in [3.05, 3.63) is 33.2 Å². The maximum absolute atomic E-state index is 12.4. The highest BCUT2D eigenvalue weighted by Crippen LogP contribution is 2.39. The van der Waals surface area contributed by atoms with Crippen LogP contribution in [-0.2, 0) is 19.4 Å². The fourth-order valence-corrected chi connectivity index (χ4v) is 4.20. The zero-order chi connectivity index (χ0) is 15.6. The molecular weight excluding hydrogens is 310 g/mol. The molecule has 2 heterocycles. The predicted molar refractivity (Wildman–Crippen MR) is 87.6 cm³/mol. The molecule has 0 unspecified atom stereocenters. The lowest BCUT2D eigenvalue weighted by Gasteiger charge is -2.07. The summed E-state index contributed by atoms with van der Waals surface area (Å²) in [6.45, 7) is 0.307. The van der Waals surface area contributed by atoms with Crippen LogP contribution in [-0.4, -0.2) is 16.1 Å².